The standard InChI is InChI=1S/C17H12ClN3O3S/c18-10-5-6-13-12(7-10)21(16(23)9-24-13)8-15(22)20-17-19-11-3-1-2-4-14(11)25-17/h1-7H,8-9H2,(H,19,20,22). The van der Waals surface area contributed by atoms with Crippen molar-refractivity contribution in [1.82, 2.24) is 4.98 Å². The number of thiazole rings is 1. The SMILES string of the molecule is O=C(CN1C(=O)COc2ccc(Cl)cc21)Nc1nc2ccccc2s1. The summed E-state index contributed by atoms with van der Waals surface area (Å²) in [6, 6.07) is 12.6. The Hall–Kier alpha value is -2.64. The molecule has 0 atom stereocenters. The average Bonchev–Trinajstić information content (AvgIpc) is 2.99. The molecule has 6 nitrogen and oxygen atoms in total. The third-order valence-electron chi connectivity index (χ3n) is 3.71. The molecular weight excluding hydrogens is 362 g/mol. The van der Waals surface area contributed by atoms with Gasteiger partial charge in [-0.2, -0.15) is 0 Å². The van der Waals surface area contributed by atoms with E-state index in [0.717, 1.165) is 10.2 Å². The number of hydrogen-bond acceptors (Lipinski definition) is 5. The Kier molecular flexibility index (Phi) is 4.03. The molecule has 1 aliphatic rings. The van der Waals surface area contributed by atoms with E-state index in [1.165, 1.54) is 16.2 Å². The van der Waals surface area contributed by atoms with Crippen LogP contribution in [0.2, 0.25) is 5.02 Å². The number of carbonyl (C=O) groups is 2. The third kappa shape index (κ3) is 3.16. The second-order valence-electron chi connectivity index (χ2n) is 5.42. The molecule has 0 bridgehead atoms. The van der Waals surface area contributed by atoms with Crippen molar-refractivity contribution < 1.29 is 14.3 Å². The van der Waals surface area contributed by atoms with Gasteiger partial charge in [0, 0.05) is 5.02 Å². The lowest BCUT2D eigenvalue weighted by molar-refractivity contribution is -0.123. The van der Waals surface area contributed by atoms with Crippen LogP contribution in [0, 0.1) is 0 Å². The molecule has 1 N–H and O–H groups in total. The first-order chi connectivity index (χ1) is 12.1. The zero-order valence-corrected chi connectivity index (χ0v) is 14.4. The minimum atomic E-state index is -0.333. The molecule has 8 heteroatoms. The van der Waals surface area contributed by atoms with Gasteiger partial charge in [-0.15, -0.1) is 0 Å². The van der Waals surface area contributed by atoms with Gasteiger partial charge in [-0.05, 0) is 30.3 Å². The first-order valence-electron chi connectivity index (χ1n) is 7.48. The van der Waals surface area contributed by atoms with E-state index in [-0.39, 0.29) is 25.0 Å². The van der Waals surface area contributed by atoms with E-state index in [0.29, 0.717) is 21.6 Å². The molecule has 2 amide bonds. The van der Waals surface area contributed by atoms with Crippen LogP contribution in [-0.2, 0) is 9.59 Å². The fraction of sp³-hybridized carbons (Fsp3) is 0.118. The number of fused-ring (bicyclic) bond motifs is 2. The Balaban J connectivity index is 1.54. The lowest BCUT2D eigenvalue weighted by atomic mass is 10.2. The molecule has 4 rings (SSSR count). The van der Waals surface area contributed by atoms with Crippen molar-refractivity contribution in [3.05, 3.63) is 47.5 Å². The third-order valence-corrected chi connectivity index (χ3v) is 4.89. The van der Waals surface area contributed by atoms with Crippen LogP contribution in [0.4, 0.5) is 10.8 Å². The number of benzene rings is 2. The second-order valence-corrected chi connectivity index (χ2v) is 6.88. The highest BCUT2D eigenvalue weighted by molar-refractivity contribution is 7.22. The number of aromatic nitrogens is 1. The second kappa shape index (κ2) is 6.34. The topological polar surface area (TPSA) is 71.5 Å². The molecule has 0 fully saturated rings. The Morgan fingerprint density at radius 1 is 1.32 bits per heavy atom. The van der Waals surface area contributed by atoms with Crippen LogP contribution in [-0.4, -0.2) is 29.9 Å². The Labute approximate surface area is 152 Å². The fourth-order valence-corrected chi connectivity index (χ4v) is 3.63. The molecule has 2 heterocycles. The summed E-state index contributed by atoms with van der Waals surface area (Å²) in [6.45, 7) is -0.242. The highest BCUT2D eigenvalue weighted by atomic mass is 35.5. The maximum Gasteiger partial charge on any atom is 0.265 e. The van der Waals surface area contributed by atoms with Crippen molar-refractivity contribution in [3.63, 3.8) is 0 Å². The number of para-hydroxylation sites is 1. The highest BCUT2D eigenvalue weighted by Gasteiger charge is 2.27. The molecule has 25 heavy (non-hydrogen) atoms. The summed E-state index contributed by atoms with van der Waals surface area (Å²) in [5, 5.41) is 3.71. The van der Waals surface area contributed by atoms with E-state index >= 15 is 0 Å². The number of hydrogen-bond donors (Lipinski definition) is 1. The van der Waals surface area contributed by atoms with Gasteiger partial charge < -0.3 is 10.1 Å². The summed E-state index contributed by atoms with van der Waals surface area (Å²) < 4.78 is 6.35. The predicted molar refractivity (Wildman–Crippen MR) is 97.5 cm³/mol. The lowest BCUT2D eigenvalue weighted by Gasteiger charge is -2.28. The van der Waals surface area contributed by atoms with Crippen LogP contribution in [0.15, 0.2) is 42.5 Å². The van der Waals surface area contributed by atoms with Crippen LogP contribution in [0.5, 0.6) is 5.75 Å². The first-order valence-corrected chi connectivity index (χ1v) is 8.68. The Morgan fingerprint density at radius 2 is 2.16 bits per heavy atom. The lowest BCUT2D eigenvalue weighted by Crippen LogP contribution is -2.43. The van der Waals surface area contributed by atoms with Gasteiger partial charge in [-0.3, -0.25) is 14.5 Å². The van der Waals surface area contributed by atoms with Crippen molar-refractivity contribution in [3.8, 4) is 5.75 Å². The molecule has 1 aliphatic heterocycles. The van der Waals surface area contributed by atoms with Crippen LogP contribution in [0.3, 0.4) is 0 Å². The number of nitrogens with one attached hydrogen (secondary N) is 1. The van der Waals surface area contributed by atoms with E-state index in [2.05, 4.69) is 10.3 Å². The van der Waals surface area contributed by atoms with E-state index in [4.69, 9.17) is 16.3 Å². The summed E-state index contributed by atoms with van der Waals surface area (Å²) in [7, 11) is 0. The molecule has 1 aromatic heterocycles. The largest absolute Gasteiger partial charge is 0.482 e. The van der Waals surface area contributed by atoms with Crippen LogP contribution in [0.25, 0.3) is 10.2 Å². The number of anilines is 2. The van der Waals surface area contributed by atoms with Gasteiger partial charge in [0.1, 0.15) is 12.3 Å². The zero-order valence-electron chi connectivity index (χ0n) is 12.9. The number of rotatable bonds is 3. The summed E-state index contributed by atoms with van der Waals surface area (Å²) in [5.41, 5.74) is 1.31. The zero-order chi connectivity index (χ0) is 17.4. The molecule has 0 saturated heterocycles. The minimum Gasteiger partial charge on any atom is -0.482 e. The van der Waals surface area contributed by atoms with Crippen molar-refractivity contribution >= 4 is 55.8 Å². The van der Waals surface area contributed by atoms with Gasteiger partial charge in [0.25, 0.3) is 5.91 Å². The molecule has 0 unspecified atom stereocenters. The summed E-state index contributed by atoms with van der Waals surface area (Å²) >= 11 is 7.38. The quantitative estimate of drug-likeness (QED) is 0.764. The van der Waals surface area contributed by atoms with Gasteiger partial charge in [0.05, 0.1) is 15.9 Å². The Bertz CT molecular complexity index is 955. The molecule has 2 aromatic carbocycles. The van der Waals surface area contributed by atoms with E-state index < -0.39 is 0 Å². The maximum atomic E-state index is 12.4. The summed E-state index contributed by atoms with van der Waals surface area (Å²) in [4.78, 5) is 30.3. The Morgan fingerprint density at radius 3 is 3.00 bits per heavy atom. The van der Waals surface area contributed by atoms with Gasteiger partial charge in [-0.25, -0.2) is 4.98 Å². The van der Waals surface area contributed by atoms with Gasteiger partial charge in [0.15, 0.2) is 11.7 Å². The number of ether oxygens (including phenoxy) is 1. The smallest absolute Gasteiger partial charge is 0.265 e. The minimum absolute atomic E-state index is 0.108. The van der Waals surface area contributed by atoms with Gasteiger partial charge in [0.2, 0.25) is 5.91 Å². The molecule has 3 aromatic rings. The van der Waals surface area contributed by atoms with E-state index in [9.17, 15) is 9.59 Å². The first kappa shape index (κ1) is 15.9. The highest BCUT2D eigenvalue weighted by Crippen LogP contribution is 2.34. The van der Waals surface area contributed by atoms with Crippen molar-refractivity contribution in [2.75, 3.05) is 23.4 Å². The average molecular weight is 374 g/mol. The number of nitrogens with zero attached hydrogens (tertiary/aromatic N) is 2. The van der Waals surface area contributed by atoms with E-state index in [1.807, 2.05) is 24.3 Å². The van der Waals surface area contributed by atoms with Crippen LogP contribution < -0.4 is 15.0 Å². The van der Waals surface area contributed by atoms with Crippen LogP contribution >= 0.6 is 22.9 Å². The molecule has 0 saturated carbocycles. The number of carbonyl (C=O) groups excluding carboxylic acids is 2. The normalized spacial score (nSPS) is 13.5. The molecule has 0 radical (unpaired) electrons. The van der Waals surface area contributed by atoms with Gasteiger partial charge in [-0.1, -0.05) is 35.1 Å². The van der Waals surface area contributed by atoms with Crippen molar-refractivity contribution in [2.45, 2.75) is 0 Å². The molecule has 0 spiro atoms. The molecular formula is C17H12ClN3O3S. The number of amides is 2. The van der Waals surface area contributed by atoms with Crippen LogP contribution in [0.1, 0.15) is 0 Å². The molecule has 126 valence electrons. The summed E-state index contributed by atoms with van der Waals surface area (Å²) in [6.07, 6.45) is 0. The van der Waals surface area contributed by atoms with Crippen molar-refractivity contribution in [2.24, 2.45) is 0 Å². The van der Waals surface area contributed by atoms with Gasteiger partial charge >= 0.3 is 0 Å². The monoisotopic (exact) mass is 373 g/mol. The molecule has 0 aliphatic carbocycles. The van der Waals surface area contributed by atoms with Crippen molar-refractivity contribution in [1.29, 1.82) is 0 Å². The maximum absolute atomic E-state index is 12.4. The summed E-state index contributed by atoms with van der Waals surface area (Å²) in [5.74, 6) is -0.105. The predicted octanol–water partition coefficient (Wildman–Crippen LogP) is 3.31. The van der Waals surface area contributed by atoms with E-state index in [1.54, 1.807) is 18.2 Å². The number of halogens is 1. The fourth-order valence-electron chi connectivity index (χ4n) is 2.58.